The van der Waals surface area contributed by atoms with E-state index in [1.54, 1.807) is 0 Å². The summed E-state index contributed by atoms with van der Waals surface area (Å²) in [4.78, 5) is 25.1. The number of nitrogens with zero attached hydrogens (tertiary/aromatic N) is 2. The van der Waals surface area contributed by atoms with E-state index in [0.29, 0.717) is 19.4 Å². The van der Waals surface area contributed by atoms with E-state index < -0.39 is 11.5 Å². The number of hydrogen-bond donors (Lipinski definition) is 1. The maximum Gasteiger partial charge on any atom is 0.331 e. The Morgan fingerprint density at radius 1 is 1.71 bits per heavy atom. The lowest BCUT2D eigenvalue weighted by molar-refractivity contribution is -0.153. The predicted octanol–water partition coefficient (Wildman–Crippen LogP) is -0.378. The average molecular weight is 200 g/mol. The Hall–Kier alpha value is -1.10. The lowest BCUT2D eigenvalue weighted by Gasteiger charge is -2.31. The first-order valence-electron chi connectivity index (χ1n) is 4.56. The van der Waals surface area contributed by atoms with E-state index >= 15 is 0 Å². The fourth-order valence-electron chi connectivity index (χ4n) is 1.94. The second-order valence-corrected chi connectivity index (χ2v) is 4.02. The first-order chi connectivity index (χ1) is 6.44. The highest BCUT2D eigenvalue weighted by molar-refractivity contribution is 5.82. The number of aliphatic carboxylic acids is 1. The summed E-state index contributed by atoms with van der Waals surface area (Å²) in [5.74, 6) is -0.928. The Labute approximate surface area is 83.3 Å². The van der Waals surface area contributed by atoms with Gasteiger partial charge in [-0.1, -0.05) is 0 Å². The summed E-state index contributed by atoms with van der Waals surface area (Å²) in [5.41, 5.74) is -1.05. The van der Waals surface area contributed by atoms with Gasteiger partial charge in [0.15, 0.2) is 5.54 Å². The summed E-state index contributed by atoms with van der Waals surface area (Å²) in [7, 11) is 3.39. The van der Waals surface area contributed by atoms with Crippen molar-refractivity contribution in [3.63, 3.8) is 0 Å². The van der Waals surface area contributed by atoms with Crippen LogP contribution in [-0.2, 0) is 9.59 Å². The summed E-state index contributed by atoms with van der Waals surface area (Å²) in [6.07, 6.45) is 1.06. The van der Waals surface area contributed by atoms with E-state index in [-0.39, 0.29) is 6.04 Å². The minimum absolute atomic E-state index is 0.188. The molecule has 0 aliphatic carbocycles. The molecule has 0 saturated carbocycles. The Morgan fingerprint density at radius 3 is 2.57 bits per heavy atom. The molecule has 1 amide bonds. The molecule has 1 N–H and O–H groups in total. The summed E-state index contributed by atoms with van der Waals surface area (Å²) >= 11 is 0. The zero-order valence-electron chi connectivity index (χ0n) is 8.73. The predicted molar refractivity (Wildman–Crippen MR) is 50.9 cm³/mol. The van der Waals surface area contributed by atoms with Crippen LogP contribution < -0.4 is 0 Å². The van der Waals surface area contributed by atoms with Gasteiger partial charge in [0.1, 0.15) is 0 Å². The highest BCUT2D eigenvalue weighted by atomic mass is 16.4. The monoisotopic (exact) mass is 200 g/mol. The van der Waals surface area contributed by atoms with Gasteiger partial charge in [0, 0.05) is 19.6 Å². The maximum absolute atomic E-state index is 11.2. The Bertz CT molecular complexity index is 244. The molecule has 0 spiro atoms. The highest BCUT2D eigenvalue weighted by Gasteiger charge is 2.49. The average Bonchev–Trinajstić information content (AvgIpc) is 2.43. The molecule has 0 aromatic carbocycles. The second-order valence-electron chi connectivity index (χ2n) is 4.02. The van der Waals surface area contributed by atoms with Gasteiger partial charge in [-0.2, -0.15) is 0 Å². The van der Waals surface area contributed by atoms with Crippen LogP contribution in [0.25, 0.3) is 0 Å². The van der Waals surface area contributed by atoms with Crippen molar-refractivity contribution in [2.75, 3.05) is 20.6 Å². The quantitative estimate of drug-likeness (QED) is 0.631. The van der Waals surface area contributed by atoms with Crippen molar-refractivity contribution in [2.24, 2.45) is 0 Å². The van der Waals surface area contributed by atoms with Crippen LogP contribution in [0.5, 0.6) is 0 Å². The van der Waals surface area contributed by atoms with Gasteiger partial charge in [0.05, 0.1) is 0 Å². The molecule has 1 aliphatic heterocycles. The first kappa shape index (κ1) is 11.0. The van der Waals surface area contributed by atoms with Crippen molar-refractivity contribution < 1.29 is 14.7 Å². The van der Waals surface area contributed by atoms with Gasteiger partial charge in [-0.25, -0.2) is 4.79 Å². The fourth-order valence-corrected chi connectivity index (χ4v) is 1.94. The molecular weight excluding hydrogens is 184 g/mol. The van der Waals surface area contributed by atoms with Gasteiger partial charge in [-0.05, 0) is 20.4 Å². The van der Waals surface area contributed by atoms with Crippen molar-refractivity contribution in [3.05, 3.63) is 0 Å². The molecule has 14 heavy (non-hydrogen) atoms. The van der Waals surface area contributed by atoms with Crippen LogP contribution in [0, 0.1) is 0 Å². The van der Waals surface area contributed by atoms with Crippen molar-refractivity contribution in [1.29, 1.82) is 0 Å². The molecule has 0 radical (unpaired) electrons. The number of carbonyl (C=O) groups is 2. The van der Waals surface area contributed by atoms with Crippen molar-refractivity contribution in [1.82, 2.24) is 9.80 Å². The standard InChI is InChI=1S/C9H16N2O3/c1-7-4-9(8(13)14,5-10(7)2)11(3)6-12/h6-7H,4-5H2,1-3H3,(H,13,14). The summed E-state index contributed by atoms with van der Waals surface area (Å²) in [5, 5.41) is 9.17. The molecule has 0 bridgehead atoms. The maximum atomic E-state index is 11.2. The Balaban J connectivity index is 2.96. The number of likely N-dealkylation sites (N-methyl/N-ethyl adjacent to an activating group) is 2. The SMILES string of the molecule is CC1CC(C(=O)O)(N(C)C=O)CN1C. The molecule has 1 heterocycles. The summed E-state index contributed by atoms with van der Waals surface area (Å²) in [6, 6.07) is 0.188. The van der Waals surface area contributed by atoms with Gasteiger partial charge in [0.2, 0.25) is 6.41 Å². The molecule has 1 rings (SSSR count). The van der Waals surface area contributed by atoms with E-state index in [1.165, 1.54) is 11.9 Å². The van der Waals surface area contributed by atoms with Gasteiger partial charge in [-0.15, -0.1) is 0 Å². The lowest BCUT2D eigenvalue weighted by Crippen LogP contribution is -2.54. The van der Waals surface area contributed by atoms with Crippen molar-refractivity contribution in [3.8, 4) is 0 Å². The smallest absolute Gasteiger partial charge is 0.331 e. The van der Waals surface area contributed by atoms with Crippen molar-refractivity contribution >= 4 is 12.4 Å². The molecule has 0 aromatic heterocycles. The fraction of sp³-hybridized carbons (Fsp3) is 0.778. The highest BCUT2D eigenvalue weighted by Crippen LogP contribution is 2.30. The first-order valence-corrected chi connectivity index (χ1v) is 4.56. The Kier molecular flexibility index (Phi) is 2.80. The molecule has 2 unspecified atom stereocenters. The van der Waals surface area contributed by atoms with Gasteiger partial charge >= 0.3 is 5.97 Å². The van der Waals surface area contributed by atoms with E-state index in [0.717, 1.165) is 0 Å². The zero-order valence-corrected chi connectivity index (χ0v) is 8.73. The van der Waals surface area contributed by atoms with E-state index in [9.17, 15) is 14.7 Å². The molecule has 5 heteroatoms. The third-order valence-corrected chi connectivity index (χ3v) is 3.13. The van der Waals surface area contributed by atoms with Gasteiger partial charge < -0.3 is 14.9 Å². The van der Waals surface area contributed by atoms with Gasteiger partial charge in [-0.3, -0.25) is 4.79 Å². The second kappa shape index (κ2) is 3.57. The van der Waals surface area contributed by atoms with Crippen LogP contribution in [0.2, 0.25) is 0 Å². The molecule has 5 nitrogen and oxygen atoms in total. The molecule has 0 aromatic rings. The number of hydrogen-bond acceptors (Lipinski definition) is 3. The summed E-state index contributed by atoms with van der Waals surface area (Å²) < 4.78 is 0. The number of carboxylic acids is 1. The normalized spacial score (nSPS) is 32.9. The number of rotatable bonds is 3. The van der Waals surface area contributed by atoms with E-state index in [1.807, 2.05) is 18.9 Å². The molecular formula is C9H16N2O3. The largest absolute Gasteiger partial charge is 0.479 e. The van der Waals surface area contributed by atoms with E-state index in [4.69, 9.17) is 0 Å². The number of likely N-dealkylation sites (tertiary alicyclic amines) is 1. The number of carboxylic acid groups (broad SMARTS) is 1. The van der Waals surface area contributed by atoms with Crippen LogP contribution in [0.4, 0.5) is 0 Å². The molecule has 1 fully saturated rings. The molecule has 1 aliphatic rings. The topological polar surface area (TPSA) is 60.9 Å². The zero-order chi connectivity index (χ0) is 10.9. The molecule has 80 valence electrons. The van der Waals surface area contributed by atoms with Crippen LogP contribution >= 0.6 is 0 Å². The van der Waals surface area contributed by atoms with Crippen LogP contribution in [-0.4, -0.2) is 59.5 Å². The van der Waals surface area contributed by atoms with E-state index in [2.05, 4.69) is 0 Å². The van der Waals surface area contributed by atoms with Crippen molar-refractivity contribution in [2.45, 2.75) is 24.9 Å². The third-order valence-electron chi connectivity index (χ3n) is 3.13. The minimum atomic E-state index is -1.05. The number of carbonyl (C=O) groups excluding carboxylic acids is 1. The Morgan fingerprint density at radius 2 is 2.29 bits per heavy atom. The molecule has 2 atom stereocenters. The molecule has 1 saturated heterocycles. The van der Waals surface area contributed by atoms with Crippen LogP contribution in [0.3, 0.4) is 0 Å². The minimum Gasteiger partial charge on any atom is -0.479 e. The van der Waals surface area contributed by atoms with Crippen LogP contribution in [0.15, 0.2) is 0 Å². The lowest BCUT2D eigenvalue weighted by atomic mass is 9.95. The number of amides is 1. The van der Waals surface area contributed by atoms with Crippen LogP contribution in [0.1, 0.15) is 13.3 Å². The third kappa shape index (κ3) is 1.48. The van der Waals surface area contributed by atoms with Gasteiger partial charge in [0.25, 0.3) is 0 Å². The summed E-state index contributed by atoms with van der Waals surface area (Å²) in [6.45, 7) is 2.35.